The Morgan fingerprint density at radius 2 is 2.15 bits per heavy atom. The van der Waals surface area contributed by atoms with Gasteiger partial charge in [0.1, 0.15) is 11.5 Å². The molecule has 1 aromatic rings. The minimum Gasteiger partial charge on any atom is -0.466 e. The van der Waals surface area contributed by atoms with Crippen molar-refractivity contribution >= 4 is 11.9 Å². The summed E-state index contributed by atoms with van der Waals surface area (Å²) in [7, 11) is 0. The number of carbonyl (C=O) groups excluding carboxylic acids is 2. The standard InChI is InChI=1S/C22H25NO4/c1-3-5-11-17-22-13-12-16(27-22)18(21(25)26-4-2)19(22)20(24)23(17)14-15-9-7-6-8-10-15/h3,6-10,12-13,16-19H,1,4-5,11,14H2,2H3/t16-,17+,18-,19+,22-/m0/s1. The number of carbonyl (C=O) groups is 2. The SMILES string of the molecule is C=CCC[C@H]1N(Cc2ccccc2)C(=O)[C@H]2[C@@H](C(=O)OCC)[C@@H]3C=C[C@@]21O3. The smallest absolute Gasteiger partial charge is 0.312 e. The molecular weight excluding hydrogens is 342 g/mol. The van der Waals surface area contributed by atoms with Crippen molar-refractivity contribution in [3.63, 3.8) is 0 Å². The molecule has 1 aromatic carbocycles. The summed E-state index contributed by atoms with van der Waals surface area (Å²) < 4.78 is 11.6. The van der Waals surface area contributed by atoms with E-state index in [1.54, 1.807) is 6.92 Å². The van der Waals surface area contributed by atoms with Gasteiger partial charge in [-0.1, -0.05) is 48.6 Å². The summed E-state index contributed by atoms with van der Waals surface area (Å²) >= 11 is 0. The molecular formula is C22H25NO4. The van der Waals surface area contributed by atoms with Crippen molar-refractivity contribution in [2.24, 2.45) is 11.8 Å². The fourth-order valence-corrected chi connectivity index (χ4v) is 4.85. The maximum absolute atomic E-state index is 13.4. The maximum Gasteiger partial charge on any atom is 0.312 e. The lowest BCUT2D eigenvalue weighted by Crippen LogP contribution is -2.45. The van der Waals surface area contributed by atoms with Gasteiger partial charge in [-0.05, 0) is 25.3 Å². The third kappa shape index (κ3) is 2.72. The van der Waals surface area contributed by atoms with Crippen LogP contribution in [0.3, 0.4) is 0 Å². The number of likely N-dealkylation sites (tertiary alicyclic amines) is 1. The molecule has 5 heteroatoms. The highest BCUT2D eigenvalue weighted by Crippen LogP contribution is 2.56. The summed E-state index contributed by atoms with van der Waals surface area (Å²) in [6, 6.07) is 9.81. The Bertz CT molecular complexity index is 774. The third-order valence-electron chi connectivity index (χ3n) is 5.93. The Morgan fingerprint density at radius 1 is 1.37 bits per heavy atom. The second-order valence-electron chi connectivity index (χ2n) is 7.38. The van der Waals surface area contributed by atoms with Gasteiger partial charge in [0.05, 0.1) is 24.7 Å². The van der Waals surface area contributed by atoms with Crippen LogP contribution in [0.1, 0.15) is 25.3 Å². The Kier molecular flexibility index (Phi) is 4.64. The quantitative estimate of drug-likeness (QED) is 0.549. The number of rotatable bonds is 7. The fourth-order valence-electron chi connectivity index (χ4n) is 4.85. The van der Waals surface area contributed by atoms with Crippen LogP contribution >= 0.6 is 0 Å². The fraction of sp³-hybridized carbons (Fsp3) is 0.455. The number of benzene rings is 1. The highest BCUT2D eigenvalue weighted by molar-refractivity contribution is 5.91. The molecule has 0 radical (unpaired) electrons. The molecule has 4 rings (SSSR count). The molecule has 3 aliphatic heterocycles. The van der Waals surface area contributed by atoms with E-state index in [2.05, 4.69) is 6.58 Å². The number of hydrogen-bond acceptors (Lipinski definition) is 4. The monoisotopic (exact) mass is 367 g/mol. The molecule has 5 nitrogen and oxygen atoms in total. The number of ether oxygens (including phenoxy) is 2. The molecule has 0 aromatic heterocycles. The van der Waals surface area contributed by atoms with E-state index in [1.807, 2.05) is 53.5 Å². The van der Waals surface area contributed by atoms with Gasteiger partial charge in [-0.15, -0.1) is 6.58 Å². The van der Waals surface area contributed by atoms with E-state index in [4.69, 9.17) is 9.47 Å². The van der Waals surface area contributed by atoms with Gasteiger partial charge in [-0.2, -0.15) is 0 Å². The number of nitrogens with zero attached hydrogens (tertiary/aromatic N) is 1. The van der Waals surface area contributed by atoms with Gasteiger partial charge in [0.25, 0.3) is 0 Å². The molecule has 3 heterocycles. The lowest BCUT2D eigenvalue weighted by atomic mass is 9.74. The van der Waals surface area contributed by atoms with E-state index in [0.717, 1.165) is 18.4 Å². The summed E-state index contributed by atoms with van der Waals surface area (Å²) in [6.07, 6.45) is 6.97. The molecule has 3 aliphatic rings. The molecule has 0 N–H and O–H groups in total. The predicted molar refractivity (Wildman–Crippen MR) is 101 cm³/mol. The first-order valence-electron chi connectivity index (χ1n) is 9.61. The number of hydrogen-bond donors (Lipinski definition) is 0. The number of amides is 1. The Hall–Kier alpha value is -2.40. The van der Waals surface area contributed by atoms with E-state index in [9.17, 15) is 9.59 Å². The van der Waals surface area contributed by atoms with Gasteiger partial charge in [-0.25, -0.2) is 0 Å². The molecule has 5 atom stereocenters. The Balaban J connectivity index is 1.69. The summed E-state index contributed by atoms with van der Waals surface area (Å²) in [5, 5.41) is 0. The molecule has 0 saturated carbocycles. The topological polar surface area (TPSA) is 55.8 Å². The van der Waals surface area contributed by atoms with Crippen molar-refractivity contribution < 1.29 is 19.1 Å². The Labute approximate surface area is 159 Å². The maximum atomic E-state index is 13.4. The molecule has 0 aliphatic carbocycles. The molecule has 2 fully saturated rings. The number of esters is 1. The minimum atomic E-state index is -0.739. The van der Waals surface area contributed by atoms with E-state index < -0.39 is 17.4 Å². The number of allylic oxidation sites excluding steroid dienone is 1. The highest BCUT2D eigenvalue weighted by Gasteiger charge is 2.71. The van der Waals surface area contributed by atoms with Crippen LogP contribution in [0, 0.1) is 11.8 Å². The zero-order valence-corrected chi connectivity index (χ0v) is 15.5. The first kappa shape index (κ1) is 18.0. The van der Waals surface area contributed by atoms with Crippen molar-refractivity contribution in [1.82, 2.24) is 4.90 Å². The van der Waals surface area contributed by atoms with Crippen molar-refractivity contribution in [2.75, 3.05) is 6.61 Å². The van der Waals surface area contributed by atoms with E-state index in [-0.39, 0.29) is 24.0 Å². The molecule has 142 valence electrons. The average Bonchev–Trinajstić information content (AvgIpc) is 3.30. The van der Waals surface area contributed by atoms with Gasteiger partial charge in [0, 0.05) is 6.54 Å². The highest BCUT2D eigenvalue weighted by atomic mass is 16.6. The Morgan fingerprint density at radius 3 is 2.85 bits per heavy atom. The number of fused-ring (bicyclic) bond motifs is 1. The predicted octanol–water partition coefficient (Wildman–Crippen LogP) is 2.87. The van der Waals surface area contributed by atoms with Crippen molar-refractivity contribution in [3.05, 3.63) is 60.7 Å². The second-order valence-corrected chi connectivity index (χ2v) is 7.38. The summed E-state index contributed by atoms with van der Waals surface area (Å²) in [5.74, 6) is -1.42. The second kappa shape index (κ2) is 6.97. The van der Waals surface area contributed by atoms with Crippen LogP contribution in [-0.2, 0) is 25.6 Å². The van der Waals surface area contributed by atoms with Gasteiger partial charge in [0.15, 0.2) is 0 Å². The largest absolute Gasteiger partial charge is 0.466 e. The van der Waals surface area contributed by atoms with E-state index in [0.29, 0.717) is 13.2 Å². The molecule has 0 unspecified atom stereocenters. The van der Waals surface area contributed by atoms with Gasteiger partial charge in [0.2, 0.25) is 5.91 Å². The molecule has 1 amide bonds. The first-order chi connectivity index (χ1) is 13.1. The van der Waals surface area contributed by atoms with Crippen LogP contribution in [0.2, 0.25) is 0 Å². The van der Waals surface area contributed by atoms with Gasteiger partial charge < -0.3 is 14.4 Å². The normalized spacial score (nSPS) is 33.4. The minimum absolute atomic E-state index is 0.0159. The lowest BCUT2D eigenvalue weighted by molar-refractivity contribution is -0.153. The third-order valence-corrected chi connectivity index (χ3v) is 5.93. The van der Waals surface area contributed by atoms with Crippen LogP contribution in [0.15, 0.2) is 55.1 Å². The molecule has 2 saturated heterocycles. The van der Waals surface area contributed by atoms with Crippen molar-refractivity contribution in [2.45, 2.75) is 44.1 Å². The summed E-state index contributed by atoms with van der Waals surface area (Å²) in [5.41, 5.74) is 0.328. The van der Waals surface area contributed by atoms with Crippen LogP contribution in [-0.4, -0.2) is 41.1 Å². The summed E-state index contributed by atoms with van der Waals surface area (Å²) in [4.78, 5) is 27.9. The van der Waals surface area contributed by atoms with Gasteiger partial charge >= 0.3 is 5.97 Å². The zero-order valence-electron chi connectivity index (χ0n) is 15.5. The van der Waals surface area contributed by atoms with Crippen LogP contribution in [0.25, 0.3) is 0 Å². The van der Waals surface area contributed by atoms with Crippen molar-refractivity contribution in [3.8, 4) is 0 Å². The van der Waals surface area contributed by atoms with Crippen molar-refractivity contribution in [1.29, 1.82) is 0 Å². The first-order valence-corrected chi connectivity index (χ1v) is 9.61. The average molecular weight is 367 g/mol. The molecule has 27 heavy (non-hydrogen) atoms. The lowest BCUT2D eigenvalue weighted by Gasteiger charge is -2.33. The van der Waals surface area contributed by atoms with E-state index in [1.165, 1.54) is 0 Å². The molecule has 2 bridgehead atoms. The molecule has 1 spiro atoms. The van der Waals surface area contributed by atoms with Crippen LogP contribution in [0.5, 0.6) is 0 Å². The van der Waals surface area contributed by atoms with E-state index >= 15 is 0 Å². The zero-order chi connectivity index (χ0) is 19.0. The van der Waals surface area contributed by atoms with Gasteiger partial charge in [-0.3, -0.25) is 9.59 Å². The summed E-state index contributed by atoms with van der Waals surface area (Å²) in [6.45, 7) is 6.42. The van der Waals surface area contributed by atoms with Crippen LogP contribution in [0.4, 0.5) is 0 Å². The van der Waals surface area contributed by atoms with Crippen LogP contribution < -0.4 is 0 Å².